The molecule has 4 aromatic rings. The van der Waals surface area contributed by atoms with Gasteiger partial charge in [-0.1, -0.05) is 66.2 Å². The van der Waals surface area contributed by atoms with Gasteiger partial charge in [-0.15, -0.1) is 0 Å². The van der Waals surface area contributed by atoms with Crippen LogP contribution in [0, 0.1) is 0 Å². The number of hydrogen-bond donors (Lipinski definition) is 1. The molecular formula is C27H28ClN3O2. The van der Waals surface area contributed by atoms with Crippen molar-refractivity contribution >= 4 is 28.5 Å². The van der Waals surface area contributed by atoms with E-state index in [0.29, 0.717) is 31.0 Å². The molecule has 0 spiro atoms. The fourth-order valence-corrected chi connectivity index (χ4v) is 4.03. The van der Waals surface area contributed by atoms with Crippen molar-refractivity contribution < 1.29 is 9.53 Å². The molecule has 5 nitrogen and oxygen atoms in total. The quantitative estimate of drug-likeness (QED) is 0.302. The van der Waals surface area contributed by atoms with Gasteiger partial charge in [-0.2, -0.15) is 0 Å². The van der Waals surface area contributed by atoms with Gasteiger partial charge in [-0.05, 0) is 42.7 Å². The summed E-state index contributed by atoms with van der Waals surface area (Å²) >= 11 is 6.15. The first kappa shape index (κ1) is 22.9. The lowest BCUT2D eigenvalue weighted by Gasteiger charge is -2.11. The van der Waals surface area contributed by atoms with Crippen molar-refractivity contribution in [3.63, 3.8) is 0 Å². The second kappa shape index (κ2) is 11.5. The van der Waals surface area contributed by atoms with Gasteiger partial charge in [-0.25, -0.2) is 4.98 Å². The van der Waals surface area contributed by atoms with Crippen LogP contribution >= 0.6 is 11.6 Å². The number of unbranched alkanes of at least 4 members (excludes halogenated alkanes) is 1. The molecule has 33 heavy (non-hydrogen) atoms. The summed E-state index contributed by atoms with van der Waals surface area (Å²) in [5.41, 5.74) is 3.12. The van der Waals surface area contributed by atoms with Crippen molar-refractivity contribution in [2.75, 3.05) is 13.2 Å². The topological polar surface area (TPSA) is 56.2 Å². The lowest BCUT2D eigenvalue weighted by molar-refractivity contribution is -0.120. The Morgan fingerprint density at radius 1 is 0.939 bits per heavy atom. The van der Waals surface area contributed by atoms with Crippen molar-refractivity contribution in [2.24, 2.45) is 0 Å². The van der Waals surface area contributed by atoms with Crippen LogP contribution in [0.2, 0.25) is 5.02 Å². The first-order valence-electron chi connectivity index (χ1n) is 11.3. The Balaban J connectivity index is 1.30. The van der Waals surface area contributed by atoms with Crippen LogP contribution in [0.4, 0.5) is 0 Å². The Kier molecular flexibility index (Phi) is 7.99. The molecule has 0 unspecified atom stereocenters. The van der Waals surface area contributed by atoms with Crippen LogP contribution in [-0.4, -0.2) is 28.6 Å². The van der Waals surface area contributed by atoms with Gasteiger partial charge in [0.1, 0.15) is 11.6 Å². The first-order valence-corrected chi connectivity index (χ1v) is 11.7. The standard InChI is InChI=1S/C27H28ClN3O2/c28-22-12-4-7-15-25(22)33-19-9-8-18-31-24-14-6-5-13-23(24)30-26(31)16-17-29-27(32)20-21-10-2-1-3-11-21/h1-7,10-15H,8-9,16-20H2,(H,29,32). The van der Waals surface area contributed by atoms with Crippen molar-refractivity contribution in [3.05, 3.63) is 95.3 Å². The van der Waals surface area contributed by atoms with E-state index >= 15 is 0 Å². The number of fused-ring (bicyclic) bond motifs is 1. The van der Waals surface area contributed by atoms with E-state index < -0.39 is 0 Å². The highest BCUT2D eigenvalue weighted by Crippen LogP contribution is 2.23. The van der Waals surface area contributed by atoms with Gasteiger partial charge in [-0.3, -0.25) is 4.79 Å². The van der Waals surface area contributed by atoms with Crippen molar-refractivity contribution in [2.45, 2.75) is 32.2 Å². The van der Waals surface area contributed by atoms with E-state index in [4.69, 9.17) is 21.3 Å². The highest BCUT2D eigenvalue weighted by atomic mass is 35.5. The number of carbonyl (C=O) groups is 1. The molecule has 0 fully saturated rings. The highest BCUT2D eigenvalue weighted by Gasteiger charge is 2.11. The van der Waals surface area contributed by atoms with Crippen LogP contribution in [0.15, 0.2) is 78.9 Å². The zero-order chi connectivity index (χ0) is 22.9. The van der Waals surface area contributed by atoms with Crippen molar-refractivity contribution in [3.8, 4) is 5.75 Å². The van der Waals surface area contributed by atoms with Crippen LogP contribution < -0.4 is 10.1 Å². The summed E-state index contributed by atoms with van der Waals surface area (Å²) < 4.78 is 8.07. The molecule has 1 heterocycles. The number of aryl methyl sites for hydroxylation is 1. The normalized spacial score (nSPS) is 10.9. The summed E-state index contributed by atoms with van der Waals surface area (Å²) in [6, 6.07) is 25.5. The van der Waals surface area contributed by atoms with E-state index in [-0.39, 0.29) is 5.91 Å². The van der Waals surface area contributed by atoms with E-state index in [1.165, 1.54) is 0 Å². The number of benzene rings is 3. The third kappa shape index (κ3) is 6.36. The van der Waals surface area contributed by atoms with Gasteiger partial charge in [0.2, 0.25) is 5.91 Å². The minimum absolute atomic E-state index is 0.0283. The number of imidazole rings is 1. The molecule has 1 N–H and O–H groups in total. The van der Waals surface area contributed by atoms with Gasteiger partial charge in [0.05, 0.1) is 29.1 Å². The van der Waals surface area contributed by atoms with Crippen LogP contribution in [0.25, 0.3) is 11.0 Å². The Morgan fingerprint density at radius 2 is 1.70 bits per heavy atom. The highest BCUT2D eigenvalue weighted by molar-refractivity contribution is 6.32. The molecule has 0 atom stereocenters. The van der Waals surface area contributed by atoms with Crippen LogP contribution in [0.3, 0.4) is 0 Å². The maximum Gasteiger partial charge on any atom is 0.224 e. The van der Waals surface area contributed by atoms with Gasteiger partial charge in [0.15, 0.2) is 0 Å². The fourth-order valence-electron chi connectivity index (χ4n) is 3.84. The summed E-state index contributed by atoms with van der Waals surface area (Å²) in [7, 11) is 0. The molecule has 3 aromatic carbocycles. The molecule has 0 aliphatic rings. The van der Waals surface area contributed by atoms with Gasteiger partial charge in [0, 0.05) is 19.5 Å². The number of hydrogen-bond acceptors (Lipinski definition) is 3. The zero-order valence-corrected chi connectivity index (χ0v) is 19.3. The van der Waals surface area contributed by atoms with Crippen LogP contribution in [0.1, 0.15) is 24.2 Å². The summed E-state index contributed by atoms with van der Waals surface area (Å²) in [5.74, 6) is 1.74. The summed E-state index contributed by atoms with van der Waals surface area (Å²) in [4.78, 5) is 17.1. The monoisotopic (exact) mass is 461 g/mol. The van der Waals surface area contributed by atoms with Gasteiger partial charge >= 0.3 is 0 Å². The molecule has 170 valence electrons. The molecule has 0 bridgehead atoms. The number of nitrogens with zero attached hydrogens (tertiary/aromatic N) is 2. The SMILES string of the molecule is O=C(Cc1ccccc1)NCCc1nc2ccccc2n1CCCCOc1ccccc1Cl. The lowest BCUT2D eigenvalue weighted by atomic mass is 10.1. The van der Waals surface area contributed by atoms with Gasteiger partial charge < -0.3 is 14.6 Å². The Hall–Kier alpha value is -3.31. The smallest absolute Gasteiger partial charge is 0.224 e. The largest absolute Gasteiger partial charge is 0.492 e. The van der Waals surface area contributed by atoms with Crippen molar-refractivity contribution in [1.29, 1.82) is 0 Å². The molecule has 0 aliphatic carbocycles. The minimum atomic E-state index is 0.0283. The average molecular weight is 462 g/mol. The maximum atomic E-state index is 12.3. The minimum Gasteiger partial charge on any atom is -0.492 e. The number of ether oxygens (including phenoxy) is 1. The second-order valence-electron chi connectivity index (χ2n) is 7.92. The number of aromatic nitrogens is 2. The number of amides is 1. The third-order valence-corrected chi connectivity index (χ3v) is 5.79. The molecule has 0 saturated carbocycles. The summed E-state index contributed by atoms with van der Waals surface area (Å²) in [6.07, 6.45) is 2.94. The zero-order valence-electron chi connectivity index (χ0n) is 18.5. The Morgan fingerprint density at radius 3 is 2.55 bits per heavy atom. The molecule has 4 rings (SSSR count). The molecule has 6 heteroatoms. The Labute approximate surface area is 199 Å². The molecular weight excluding hydrogens is 434 g/mol. The number of nitrogens with one attached hydrogen (secondary N) is 1. The van der Waals surface area contributed by atoms with Crippen LogP contribution in [0.5, 0.6) is 5.75 Å². The number of rotatable bonds is 11. The number of carbonyl (C=O) groups excluding carboxylic acids is 1. The predicted octanol–water partition coefficient (Wildman–Crippen LogP) is 5.45. The van der Waals surface area contributed by atoms with E-state index in [1.54, 1.807) is 0 Å². The molecule has 0 aliphatic heterocycles. The molecule has 0 radical (unpaired) electrons. The first-order chi connectivity index (χ1) is 16.2. The van der Waals surface area contributed by atoms with E-state index in [0.717, 1.165) is 47.6 Å². The lowest BCUT2D eigenvalue weighted by Crippen LogP contribution is -2.28. The van der Waals surface area contributed by atoms with Gasteiger partial charge in [0.25, 0.3) is 0 Å². The average Bonchev–Trinajstić information content (AvgIpc) is 3.18. The summed E-state index contributed by atoms with van der Waals surface area (Å²) in [5, 5.41) is 3.66. The van der Waals surface area contributed by atoms with Crippen molar-refractivity contribution in [1.82, 2.24) is 14.9 Å². The molecule has 1 aromatic heterocycles. The number of halogens is 1. The molecule has 1 amide bonds. The fraction of sp³-hybridized carbons (Fsp3) is 0.259. The summed E-state index contributed by atoms with van der Waals surface area (Å²) in [6.45, 7) is 2.02. The number of para-hydroxylation sites is 3. The van der Waals surface area contributed by atoms with E-state index in [2.05, 4.69) is 16.0 Å². The predicted molar refractivity (Wildman–Crippen MR) is 133 cm³/mol. The van der Waals surface area contributed by atoms with E-state index in [1.807, 2.05) is 72.8 Å². The third-order valence-electron chi connectivity index (χ3n) is 5.48. The Bertz CT molecular complexity index is 1190. The molecule has 0 saturated heterocycles. The second-order valence-corrected chi connectivity index (χ2v) is 8.32. The van der Waals surface area contributed by atoms with E-state index in [9.17, 15) is 4.79 Å². The van der Waals surface area contributed by atoms with Crippen LogP contribution in [-0.2, 0) is 24.2 Å². The maximum absolute atomic E-state index is 12.3.